The van der Waals surface area contributed by atoms with Crippen molar-refractivity contribution in [2.45, 2.75) is 32.3 Å². The molecule has 0 saturated carbocycles. The topological polar surface area (TPSA) is 23.5 Å². The van der Waals surface area contributed by atoms with Crippen LogP contribution in [0.4, 0.5) is 5.69 Å². The van der Waals surface area contributed by atoms with Crippen molar-refractivity contribution in [1.82, 2.24) is 0 Å². The molecule has 15 heavy (non-hydrogen) atoms. The van der Waals surface area contributed by atoms with Gasteiger partial charge in [0.2, 0.25) is 0 Å². The minimum absolute atomic E-state index is 0.675. The third-order valence-electron chi connectivity index (χ3n) is 3.07. The number of aliphatic hydroxyl groups is 1. The molecule has 84 valence electrons. The highest BCUT2D eigenvalue weighted by Crippen LogP contribution is 2.30. The third-order valence-corrected chi connectivity index (χ3v) is 3.07. The SMILES string of the molecule is CCC(O)(CC)c1cccc(N(C)C)c1. The van der Waals surface area contributed by atoms with Gasteiger partial charge in [0, 0.05) is 19.8 Å². The summed E-state index contributed by atoms with van der Waals surface area (Å²) < 4.78 is 0. The average Bonchev–Trinajstić information content (AvgIpc) is 2.28. The molecule has 0 fully saturated rings. The number of hydrogen-bond acceptors (Lipinski definition) is 2. The van der Waals surface area contributed by atoms with Gasteiger partial charge in [0.15, 0.2) is 0 Å². The Labute approximate surface area is 92.5 Å². The molecule has 0 aliphatic heterocycles. The molecule has 0 bridgehead atoms. The summed E-state index contributed by atoms with van der Waals surface area (Å²) in [7, 11) is 4.02. The first-order valence-corrected chi connectivity index (χ1v) is 5.53. The Morgan fingerprint density at radius 3 is 2.27 bits per heavy atom. The smallest absolute Gasteiger partial charge is 0.0892 e. The van der Waals surface area contributed by atoms with Crippen molar-refractivity contribution in [3.63, 3.8) is 0 Å². The van der Waals surface area contributed by atoms with Crippen LogP contribution in [0.3, 0.4) is 0 Å². The molecule has 0 radical (unpaired) electrons. The van der Waals surface area contributed by atoms with E-state index in [1.54, 1.807) is 0 Å². The molecular weight excluding hydrogens is 186 g/mol. The fourth-order valence-electron chi connectivity index (χ4n) is 1.73. The highest BCUT2D eigenvalue weighted by molar-refractivity contribution is 5.48. The van der Waals surface area contributed by atoms with Gasteiger partial charge >= 0.3 is 0 Å². The summed E-state index contributed by atoms with van der Waals surface area (Å²) >= 11 is 0. The van der Waals surface area contributed by atoms with Crippen LogP contribution in [0.25, 0.3) is 0 Å². The summed E-state index contributed by atoms with van der Waals surface area (Å²) in [5, 5.41) is 10.4. The van der Waals surface area contributed by atoms with E-state index >= 15 is 0 Å². The van der Waals surface area contributed by atoms with Gasteiger partial charge in [-0.3, -0.25) is 0 Å². The van der Waals surface area contributed by atoms with Gasteiger partial charge in [-0.15, -0.1) is 0 Å². The molecule has 0 aliphatic rings. The zero-order valence-corrected chi connectivity index (χ0v) is 10.1. The quantitative estimate of drug-likeness (QED) is 0.820. The van der Waals surface area contributed by atoms with Crippen LogP contribution in [0.1, 0.15) is 32.3 Å². The van der Waals surface area contributed by atoms with Crippen LogP contribution in [-0.2, 0) is 5.60 Å². The lowest BCUT2D eigenvalue weighted by Gasteiger charge is -2.27. The molecule has 1 aromatic rings. The van der Waals surface area contributed by atoms with Gasteiger partial charge in [-0.1, -0.05) is 26.0 Å². The van der Waals surface area contributed by atoms with Crippen molar-refractivity contribution in [1.29, 1.82) is 0 Å². The first-order chi connectivity index (χ1) is 7.03. The number of rotatable bonds is 4. The Balaban J connectivity index is 3.09. The van der Waals surface area contributed by atoms with Gasteiger partial charge in [-0.25, -0.2) is 0 Å². The molecule has 1 aromatic carbocycles. The van der Waals surface area contributed by atoms with Crippen LogP contribution in [-0.4, -0.2) is 19.2 Å². The van der Waals surface area contributed by atoms with Crippen molar-refractivity contribution >= 4 is 5.69 Å². The Morgan fingerprint density at radius 1 is 1.20 bits per heavy atom. The Hall–Kier alpha value is -1.02. The fourth-order valence-corrected chi connectivity index (χ4v) is 1.73. The number of anilines is 1. The van der Waals surface area contributed by atoms with Crippen LogP contribution in [0, 0.1) is 0 Å². The van der Waals surface area contributed by atoms with Crippen molar-refractivity contribution < 1.29 is 5.11 Å². The first kappa shape index (κ1) is 12.1. The van der Waals surface area contributed by atoms with Gasteiger partial charge in [0.1, 0.15) is 0 Å². The Morgan fingerprint density at radius 2 is 1.80 bits per heavy atom. The largest absolute Gasteiger partial charge is 0.385 e. The van der Waals surface area contributed by atoms with E-state index in [-0.39, 0.29) is 0 Å². The van der Waals surface area contributed by atoms with E-state index in [1.165, 1.54) is 0 Å². The summed E-state index contributed by atoms with van der Waals surface area (Å²) in [6, 6.07) is 8.11. The van der Waals surface area contributed by atoms with Crippen LogP contribution in [0.2, 0.25) is 0 Å². The van der Waals surface area contributed by atoms with Gasteiger partial charge in [0.05, 0.1) is 5.60 Å². The summed E-state index contributed by atoms with van der Waals surface area (Å²) in [4.78, 5) is 2.05. The fraction of sp³-hybridized carbons (Fsp3) is 0.538. The minimum atomic E-state index is -0.675. The van der Waals surface area contributed by atoms with Crippen molar-refractivity contribution in [3.05, 3.63) is 29.8 Å². The zero-order valence-electron chi connectivity index (χ0n) is 10.1. The zero-order chi connectivity index (χ0) is 11.5. The van der Waals surface area contributed by atoms with Crippen molar-refractivity contribution in [2.24, 2.45) is 0 Å². The second-order valence-corrected chi connectivity index (χ2v) is 4.18. The van der Waals surface area contributed by atoms with Gasteiger partial charge in [0.25, 0.3) is 0 Å². The van der Waals surface area contributed by atoms with Crippen LogP contribution in [0.15, 0.2) is 24.3 Å². The minimum Gasteiger partial charge on any atom is -0.385 e. The molecule has 1 N–H and O–H groups in total. The van der Waals surface area contributed by atoms with Crippen LogP contribution < -0.4 is 4.90 Å². The molecule has 0 aliphatic carbocycles. The molecule has 0 heterocycles. The summed E-state index contributed by atoms with van der Waals surface area (Å²) in [6.45, 7) is 4.04. The maximum absolute atomic E-state index is 10.4. The summed E-state index contributed by atoms with van der Waals surface area (Å²) in [5.74, 6) is 0. The number of benzene rings is 1. The summed E-state index contributed by atoms with van der Waals surface area (Å²) in [6.07, 6.45) is 1.50. The average molecular weight is 207 g/mol. The maximum Gasteiger partial charge on any atom is 0.0892 e. The molecule has 2 nitrogen and oxygen atoms in total. The molecule has 0 unspecified atom stereocenters. The number of nitrogens with zero attached hydrogens (tertiary/aromatic N) is 1. The molecule has 1 rings (SSSR count). The first-order valence-electron chi connectivity index (χ1n) is 5.53. The molecule has 0 saturated heterocycles. The predicted octanol–water partition coefficient (Wildman–Crippen LogP) is 2.76. The van der Waals surface area contributed by atoms with E-state index in [1.807, 2.05) is 40.1 Å². The van der Waals surface area contributed by atoms with E-state index in [2.05, 4.69) is 17.0 Å². The lowest BCUT2D eigenvalue weighted by atomic mass is 9.88. The molecule has 0 aromatic heterocycles. The molecular formula is C13H21NO. The maximum atomic E-state index is 10.4. The van der Waals surface area contributed by atoms with Crippen molar-refractivity contribution in [2.75, 3.05) is 19.0 Å². The second-order valence-electron chi connectivity index (χ2n) is 4.18. The monoisotopic (exact) mass is 207 g/mol. The van der Waals surface area contributed by atoms with Crippen LogP contribution >= 0.6 is 0 Å². The standard InChI is InChI=1S/C13H21NO/c1-5-13(15,6-2)11-8-7-9-12(10-11)14(3)4/h7-10,15H,5-6H2,1-4H3. The molecule has 0 atom stereocenters. The van der Waals surface area contributed by atoms with E-state index in [0.29, 0.717) is 0 Å². The second kappa shape index (κ2) is 4.67. The predicted molar refractivity (Wildman–Crippen MR) is 65.2 cm³/mol. The van der Waals surface area contributed by atoms with E-state index in [4.69, 9.17) is 0 Å². The van der Waals surface area contributed by atoms with E-state index < -0.39 is 5.60 Å². The molecule has 0 spiro atoms. The lowest BCUT2D eigenvalue weighted by molar-refractivity contribution is 0.0284. The van der Waals surface area contributed by atoms with Crippen molar-refractivity contribution in [3.8, 4) is 0 Å². The van der Waals surface area contributed by atoms with E-state index in [9.17, 15) is 5.11 Å². The Bertz CT molecular complexity index is 316. The summed E-state index contributed by atoms with van der Waals surface area (Å²) in [5.41, 5.74) is 1.47. The molecule has 0 amide bonds. The normalized spacial score (nSPS) is 11.5. The third kappa shape index (κ3) is 2.51. The highest BCUT2D eigenvalue weighted by atomic mass is 16.3. The number of hydrogen-bond donors (Lipinski definition) is 1. The van der Waals surface area contributed by atoms with Gasteiger partial charge in [-0.05, 0) is 30.5 Å². The molecule has 2 heteroatoms. The lowest BCUT2D eigenvalue weighted by Crippen LogP contribution is -2.23. The highest BCUT2D eigenvalue weighted by Gasteiger charge is 2.24. The Kier molecular flexibility index (Phi) is 3.75. The van der Waals surface area contributed by atoms with Crippen LogP contribution in [0.5, 0.6) is 0 Å². The van der Waals surface area contributed by atoms with E-state index in [0.717, 1.165) is 24.1 Å². The van der Waals surface area contributed by atoms with Gasteiger partial charge < -0.3 is 10.0 Å². The van der Waals surface area contributed by atoms with Gasteiger partial charge in [-0.2, -0.15) is 0 Å².